The van der Waals surface area contributed by atoms with Gasteiger partial charge in [0.15, 0.2) is 5.13 Å². The molecule has 214 valence electrons. The molecule has 1 aromatic heterocycles. The van der Waals surface area contributed by atoms with Crippen molar-refractivity contribution in [2.75, 3.05) is 55.1 Å². The predicted molar refractivity (Wildman–Crippen MR) is 164 cm³/mol. The van der Waals surface area contributed by atoms with E-state index in [0.717, 1.165) is 60.6 Å². The fraction of sp³-hybridized carbons (Fsp3) is 0.333. The van der Waals surface area contributed by atoms with Crippen molar-refractivity contribution < 1.29 is 17.9 Å². The van der Waals surface area contributed by atoms with E-state index in [4.69, 9.17) is 21.3 Å². The van der Waals surface area contributed by atoms with Gasteiger partial charge in [-0.05, 0) is 73.4 Å². The third-order valence-electron chi connectivity index (χ3n) is 7.61. The highest BCUT2D eigenvalue weighted by atomic mass is 35.5. The molecule has 1 amide bonds. The van der Waals surface area contributed by atoms with Crippen molar-refractivity contribution in [3.05, 3.63) is 82.4 Å². The number of ether oxygens (including phenoxy) is 1. The molecule has 8 nitrogen and oxygen atoms in total. The lowest BCUT2D eigenvalue weighted by Crippen LogP contribution is -2.39. The van der Waals surface area contributed by atoms with Gasteiger partial charge in [-0.15, -0.1) is 0 Å². The van der Waals surface area contributed by atoms with Crippen LogP contribution in [0.3, 0.4) is 0 Å². The Morgan fingerprint density at radius 2 is 1.83 bits per heavy atom. The largest absolute Gasteiger partial charge is 0.379 e. The van der Waals surface area contributed by atoms with Crippen molar-refractivity contribution in [3.63, 3.8) is 0 Å². The molecular formula is C30H31ClN4O4S2. The Labute approximate surface area is 249 Å². The van der Waals surface area contributed by atoms with Crippen LogP contribution in [0.1, 0.15) is 27.9 Å². The molecule has 1 fully saturated rings. The normalized spacial score (nSPS) is 15.8. The first-order chi connectivity index (χ1) is 19.8. The van der Waals surface area contributed by atoms with Gasteiger partial charge in [0.2, 0.25) is 0 Å². The van der Waals surface area contributed by atoms with Crippen molar-refractivity contribution in [1.82, 2.24) is 9.88 Å². The van der Waals surface area contributed by atoms with Crippen LogP contribution in [0.25, 0.3) is 10.2 Å². The number of hydrogen-bond donors (Lipinski definition) is 0. The maximum absolute atomic E-state index is 13.9. The fourth-order valence-electron chi connectivity index (χ4n) is 5.43. The van der Waals surface area contributed by atoms with Gasteiger partial charge in [-0.25, -0.2) is 13.4 Å². The zero-order chi connectivity index (χ0) is 28.6. The molecule has 0 N–H and O–H groups in total. The summed E-state index contributed by atoms with van der Waals surface area (Å²) in [5, 5.41) is 1.23. The number of amides is 1. The van der Waals surface area contributed by atoms with E-state index in [-0.39, 0.29) is 10.8 Å². The van der Waals surface area contributed by atoms with Crippen molar-refractivity contribution in [2.24, 2.45) is 0 Å². The molecule has 0 saturated carbocycles. The summed E-state index contributed by atoms with van der Waals surface area (Å²) in [7, 11) is -3.75. The summed E-state index contributed by atoms with van der Waals surface area (Å²) in [6, 6.07) is 17.5. The van der Waals surface area contributed by atoms with Gasteiger partial charge < -0.3 is 4.74 Å². The van der Waals surface area contributed by atoms with Gasteiger partial charge in [0.25, 0.3) is 15.9 Å². The van der Waals surface area contributed by atoms with Crippen LogP contribution < -0.4 is 9.21 Å². The van der Waals surface area contributed by atoms with Crippen molar-refractivity contribution in [2.45, 2.75) is 24.7 Å². The molecule has 0 bridgehead atoms. The van der Waals surface area contributed by atoms with Crippen LogP contribution >= 0.6 is 22.9 Å². The highest BCUT2D eigenvalue weighted by molar-refractivity contribution is 7.92. The SMILES string of the molecule is Cc1cc(Cl)cc2sc(N(CCCN3CCOCC3)C(=O)c3ccc(S(=O)(=O)N4CCc5ccccc54)cc3)nc12. The van der Waals surface area contributed by atoms with E-state index < -0.39 is 10.0 Å². The number of benzene rings is 3. The van der Waals surface area contributed by atoms with Crippen molar-refractivity contribution >= 4 is 59.9 Å². The van der Waals surface area contributed by atoms with Gasteiger partial charge in [-0.3, -0.25) is 18.9 Å². The minimum atomic E-state index is -3.75. The van der Waals surface area contributed by atoms with E-state index in [1.807, 2.05) is 43.3 Å². The summed E-state index contributed by atoms with van der Waals surface area (Å²) in [6.45, 7) is 6.89. The maximum Gasteiger partial charge on any atom is 0.264 e. The maximum atomic E-state index is 13.9. The number of aromatic nitrogens is 1. The molecule has 0 radical (unpaired) electrons. The number of fused-ring (bicyclic) bond motifs is 2. The lowest BCUT2D eigenvalue weighted by Gasteiger charge is -2.27. The number of anilines is 2. The molecule has 2 aliphatic rings. The van der Waals surface area contributed by atoms with Crippen LogP contribution in [-0.2, 0) is 21.2 Å². The standard InChI is InChI=1S/C30H31ClN4O4S2/c1-21-19-24(31)20-27-28(21)32-30(40-27)34(13-4-12-33-15-17-39-18-16-33)29(36)23-7-9-25(10-8-23)41(37,38)35-14-11-22-5-2-3-6-26(22)35/h2-3,5-10,19-20H,4,11-18H2,1H3. The molecule has 3 heterocycles. The second kappa shape index (κ2) is 11.7. The van der Waals surface area contributed by atoms with E-state index in [9.17, 15) is 13.2 Å². The fourth-order valence-corrected chi connectivity index (χ4v) is 8.38. The van der Waals surface area contributed by atoms with Crippen LogP contribution in [0.5, 0.6) is 0 Å². The Hall–Kier alpha value is -3.02. The van der Waals surface area contributed by atoms with Crippen LogP contribution in [0.2, 0.25) is 5.02 Å². The van der Waals surface area contributed by atoms with Crippen LogP contribution in [0, 0.1) is 6.92 Å². The quantitative estimate of drug-likeness (QED) is 0.266. The number of carbonyl (C=O) groups excluding carboxylic acids is 1. The lowest BCUT2D eigenvalue weighted by atomic mass is 10.2. The van der Waals surface area contributed by atoms with Gasteiger partial charge in [0.1, 0.15) is 0 Å². The van der Waals surface area contributed by atoms with Crippen LogP contribution in [0.15, 0.2) is 65.6 Å². The van der Waals surface area contributed by atoms with Gasteiger partial charge in [-0.2, -0.15) is 0 Å². The predicted octanol–water partition coefficient (Wildman–Crippen LogP) is 5.38. The third-order valence-corrected chi connectivity index (χ3v) is 10.7. The Balaban J connectivity index is 1.26. The Kier molecular flexibility index (Phi) is 8.02. The average molecular weight is 611 g/mol. The number of rotatable bonds is 8. The molecule has 1 saturated heterocycles. The van der Waals surface area contributed by atoms with Crippen LogP contribution in [0.4, 0.5) is 10.8 Å². The third kappa shape index (κ3) is 5.72. The minimum absolute atomic E-state index is 0.162. The highest BCUT2D eigenvalue weighted by Gasteiger charge is 2.31. The number of thiazole rings is 1. The van der Waals surface area contributed by atoms with E-state index in [1.165, 1.54) is 27.8 Å². The topological polar surface area (TPSA) is 83.0 Å². The van der Waals surface area contributed by atoms with Gasteiger partial charge in [0.05, 0.1) is 34.0 Å². The van der Waals surface area contributed by atoms with Crippen molar-refractivity contribution in [3.8, 4) is 0 Å². The summed E-state index contributed by atoms with van der Waals surface area (Å²) in [4.78, 5) is 22.9. The summed E-state index contributed by atoms with van der Waals surface area (Å²) >= 11 is 7.73. The molecule has 0 unspecified atom stereocenters. The second-order valence-electron chi connectivity index (χ2n) is 10.3. The molecule has 2 aliphatic heterocycles. The number of para-hydroxylation sites is 1. The minimum Gasteiger partial charge on any atom is -0.379 e. The Bertz CT molecular complexity index is 1680. The number of nitrogens with zero attached hydrogens (tertiary/aromatic N) is 4. The summed E-state index contributed by atoms with van der Waals surface area (Å²) in [5.41, 5.74) is 3.92. The number of carbonyl (C=O) groups is 1. The smallest absolute Gasteiger partial charge is 0.264 e. The molecule has 41 heavy (non-hydrogen) atoms. The monoisotopic (exact) mass is 610 g/mol. The highest BCUT2D eigenvalue weighted by Crippen LogP contribution is 2.35. The number of halogens is 1. The zero-order valence-corrected chi connectivity index (χ0v) is 25.1. The summed E-state index contributed by atoms with van der Waals surface area (Å²) in [5.74, 6) is -0.217. The molecule has 4 aromatic rings. The molecular weight excluding hydrogens is 580 g/mol. The average Bonchev–Trinajstić information content (AvgIpc) is 3.61. The second-order valence-corrected chi connectivity index (χ2v) is 13.6. The van der Waals surface area contributed by atoms with E-state index in [0.29, 0.717) is 40.9 Å². The van der Waals surface area contributed by atoms with Crippen molar-refractivity contribution in [1.29, 1.82) is 0 Å². The van der Waals surface area contributed by atoms with Crippen LogP contribution in [-0.4, -0.2) is 70.1 Å². The van der Waals surface area contributed by atoms with E-state index in [1.54, 1.807) is 17.0 Å². The van der Waals surface area contributed by atoms with Gasteiger partial charge in [-0.1, -0.05) is 41.1 Å². The molecule has 11 heteroatoms. The summed E-state index contributed by atoms with van der Waals surface area (Å²) in [6.07, 6.45) is 1.44. The molecule has 6 rings (SSSR count). The first-order valence-corrected chi connectivity index (χ1v) is 16.3. The number of aryl methyl sites for hydroxylation is 1. The molecule has 3 aromatic carbocycles. The first-order valence-electron chi connectivity index (χ1n) is 13.7. The summed E-state index contributed by atoms with van der Waals surface area (Å²) < 4.78 is 34.8. The molecule has 0 spiro atoms. The Morgan fingerprint density at radius 3 is 2.61 bits per heavy atom. The van der Waals surface area contributed by atoms with Gasteiger partial charge in [0, 0.05) is 43.3 Å². The number of sulfonamides is 1. The first kappa shape index (κ1) is 28.1. The molecule has 0 aliphatic carbocycles. The number of morpholine rings is 1. The van der Waals surface area contributed by atoms with E-state index >= 15 is 0 Å². The number of hydrogen-bond acceptors (Lipinski definition) is 7. The lowest BCUT2D eigenvalue weighted by molar-refractivity contribution is 0.0376. The van der Waals surface area contributed by atoms with Gasteiger partial charge >= 0.3 is 0 Å². The molecule has 0 atom stereocenters. The van der Waals surface area contributed by atoms with E-state index in [2.05, 4.69) is 4.90 Å². The zero-order valence-electron chi connectivity index (χ0n) is 22.8. The Morgan fingerprint density at radius 1 is 1.07 bits per heavy atom.